The molecule has 2 heterocycles. The van der Waals surface area contributed by atoms with Crippen molar-refractivity contribution in [3.63, 3.8) is 0 Å². The number of nitrogens with zero attached hydrogens (tertiary/aromatic N) is 3. The van der Waals surface area contributed by atoms with Crippen molar-refractivity contribution in [1.29, 1.82) is 0 Å². The van der Waals surface area contributed by atoms with E-state index in [4.69, 9.17) is 11.6 Å². The SMILES string of the molecule is Clc1cccc(NCc2cccnc2)c1-n1ccnc1. The molecule has 0 fully saturated rings. The van der Waals surface area contributed by atoms with E-state index in [2.05, 4.69) is 15.3 Å². The maximum Gasteiger partial charge on any atom is 0.0992 e. The number of pyridine rings is 1. The van der Waals surface area contributed by atoms with Crippen LogP contribution < -0.4 is 5.32 Å². The Morgan fingerprint density at radius 2 is 2.05 bits per heavy atom. The molecule has 1 N–H and O–H groups in total. The fourth-order valence-corrected chi connectivity index (χ4v) is 2.28. The quantitative estimate of drug-likeness (QED) is 0.797. The zero-order valence-corrected chi connectivity index (χ0v) is 11.5. The first kappa shape index (κ1) is 12.7. The molecule has 0 amide bonds. The van der Waals surface area contributed by atoms with Crippen LogP contribution in [0.2, 0.25) is 5.02 Å². The zero-order valence-electron chi connectivity index (χ0n) is 10.7. The lowest BCUT2D eigenvalue weighted by molar-refractivity contribution is 1.04. The molecule has 100 valence electrons. The summed E-state index contributed by atoms with van der Waals surface area (Å²) >= 11 is 6.30. The van der Waals surface area contributed by atoms with Crippen LogP contribution in [0, 0.1) is 0 Å². The van der Waals surface area contributed by atoms with Gasteiger partial charge in [-0.1, -0.05) is 23.7 Å². The van der Waals surface area contributed by atoms with Crippen molar-refractivity contribution < 1.29 is 0 Å². The minimum Gasteiger partial charge on any atom is -0.379 e. The Kier molecular flexibility index (Phi) is 3.65. The number of nitrogens with one attached hydrogen (secondary N) is 1. The van der Waals surface area contributed by atoms with Gasteiger partial charge in [-0.05, 0) is 23.8 Å². The van der Waals surface area contributed by atoms with Crippen LogP contribution in [0.25, 0.3) is 5.69 Å². The van der Waals surface area contributed by atoms with Gasteiger partial charge in [0, 0.05) is 31.3 Å². The second-order valence-corrected chi connectivity index (χ2v) is 4.73. The van der Waals surface area contributed by atoms with Crippen molar-refractivity contribution in [2.75, 3.05) is 5.32 Å². The number of halogens is 1. The van der Waals surface area contributed by atoms with Crippen molar-refractivity contribution in [3.05, 3.63) is 72.0 Å². The van der Waals surface area contributed by atoms with Gasteiger partial charge in [-0.2, -0.15) is 0 Å². The standard InChI is InChI=1S/C15H13ClN4/c16-13-4-1-5-14(15(13)20-8-7-18-11-20)19-10-12-3-2-6-17-9-12/h1-9,11,19H,10H2. The third kappa shape index (κ3) is 2.65. The third-order valence-electron chi connectivity index (χ3n) is 2.96. The van der Waals surface area contributed by atoms with Gasteiger partial charge in [0.05, 0.1) is 22.7 Å². The number of benzene rings is 1. The van der Waals surface area contributed by atoms with Crippen molar-refractivity contribution in [2.24, 2.45) is 0 Å². The number of anilines is 1. The molecule has 0 saturated heterocycles. The van der Waals surface area contributed by atoms with Gasteiger partial charge in [-0.3, -0.25) is 4.98 Å². The highest BCUT2D eigenvalue weighted by molar-refractivity contribution is 6.33. The van der Waals surface area contributed by atoms with Crippen LogP contribution in [-0.2, 0) is 6.54 Å². The first-order chi connectivity index (χ1) is 9.84. The Labute approximate surface area is 122 Å². The van der Waals surface area contributed by atoms with Crippen LogP contribution in [0.4, 0.5) is 5.69 Å². The molecule has 0 aliphatic heterocycles. The topological polar surface area (TPSA) is 42.7 Å². The second kappa shape index (κ2) is 5.75. The fraction of sp³-hybridized carbons (Fsp3) is 0.0667. The summed E-state index contributed by atoms with van der Waals surface area (Å²) in [7, 11) is 0. The average Bonchev–Trinajstić information content (AvgIpc) is 3.00. The third-order valence-corrected chi connectivity index (χ3v) is 3.26. The Morgan fingerprint density at radius 3 is 2.80 bits per heavy atom. The van der Waals surface area contributed by atoms with E-state index < -0.39 is 0 Å². The van der Waals surface area contributed by atoms with E-state index in [9.17, 15) is 0 Å². The molecule has 3 aromatic rings. The van der Waals surface area contributed by atoms with Gasteiger partial charge >= 0.3 is 0 Å². The first-order valence-corrected chi connectivity index (χ1v) is 6.62. The van der Waals surface area contributed by atoms with E-state index in [1.807, 2.05) is 47.3 Å². The van der Waals surface area contributed by atoms with Crippen molar-refractivity contribution in [1.82, 2.24) is 14.5 Å². The average molecular weight is 285 g/mol. The maximum absolute atomic E-state index is 6.30. The minimum absolute atomic E-state index is 0.680. The van der Waals surface area contributed by atoms with E-state index in [0.29, 0.717) is 11.6 Å². The molecule has 0 saturated carbocycles. The highest BCUT2D eigenvalue weighted by Gasteiger charge is 2.08. The number of aromatic nitrogens is 3. The second-order valence-electron chi connectivity index (χ2n) is 4.32. The summed E-state index contributed by atoms with van der Waals surface area (Å²) in [5, 5.41) is 4.07. The van der Waals surface area contributed by atoms with Gasteiger partial charge < -0.3 is 9.88 Å². The summed E-state index contributed by atoms with van der Waals surface area (Å²) < 4.78 is 1.90. The van der Waals surface area contributed by atoms with Crippen LogP contribution in [0.3, 0.4) is 0 Å². The van der Waals surface area contributed by atoms with Gasteiger partial charge in [0.1, 0.15) is 0 Å². The molecule has 0 spiro atoms. The monoisotopic (exact) mass is 284 g/mol. The highest BCUT2D eigenvalue weighted by Crippen LogP contribution is 2.28. The molecule has 5 heteroatoms. The highest BCUT2D eigenvalue weighted by atomic mass is 35.5. The van der Waals surface area contributed by atoms with Gasteiger partial charge in [0.25, 0.3) is 0 Å². The molecule has 0 bridgehead atoms. The largest absolute Gasteiger partial charge is 0.379 e. The van der Waals surface area contributed by atoms with Crippen LogP contribution in [0.5, 0.6) is 0 Å². The number of hydrogen-bond acceptors (Lipinski definition) is 3. The Bertz CT molecular complexity index is 680. The fourth-order valence-electron chi connectivity index (χ4n) is 2.01. The number of imidazole rings is 1. The minimum atomic E-state index is 0.680. The molecule has 1 aromatic carbocycles. The van der Waals surface area contributed by atoms with Crippen molar-refractivity contribution >= 4 is 17.3 Å². The number of rotatable bonds is 4. The summed E-state index contributed by atoms with van der Waals surface area (Å²) in [5.41, 5.74) is 2.97. The molecule has 0 aliphatic rings. The van der Waals surface area contributed by atoms with Gasteiger partial charge in [0.15, 0.2) is 0 Å². The summed E-state index contributed by atoms with van der Waals surface area (Å²) in [5.74, 6) is 0. The molecule has 2 aromatic heterocycles. The summed E-state index contributed by atoms with van der Waals surface area (Å²) in [6.07, 6.45) is 8.94. The molecule has 0 aliphatic carbocycles. The van der Waals surface area contributed by atoms with E-state index in [1.54, 1.807) is 18.7 Å². The number of para-hydroxylation sites is 1. The van der Waals surface area contributed by atoms with Gasteiger partial charge in [-0.15, -0.1) is 0 Å². The normalized spacial score (nSPS) is 10.4. The predicted molar refractivity (Wildman–Crippen MR) is 80.1 cm³/mol. The Hall–Kier alpha value is -2.33. The molecule has 4 nitrogen and oxygen atoms in total. The molecular weight excluding hydrogens is 272 g/mol. The molecule has 0 radical (unpaired) electrons. The van der Waals surface area contributed by atoms with Gasteiger partial charge in [0.2, 0.25) is 0 Å². The predicted octanol–water partition coefficient (Wildman–Crippen LogP) is 3.53. The summed E-state index contributed by atoms with van der Waals surface area (Å²) in [6.45, 7) is 0.690. The maximum atomic E-state index is 6.30. The smallest absolute Gasteiger partial charge is 0.0992 e. The Balaban J connectivity index is 1.88. The van der Waals surface area contributed by atoms with E-state index in [0.717, 1.165) is 16.9 Å². The molecular formula is C15H13ClN4. The number of hydrogen-bond donors (Lipinski definition) is 1. The van der Waals surface area contributed by atoms with E-state index in [1.165, 1.54) is 0 Å². The lowest BCUT2D eigenvalue weighted by Crippen LogP contribution is -2.04. The molecule has 0 atom stereocenters. The van der Waals surface area contributed by atoms with Crippen LogP contribution in [0.15, 0.2) is 61.4 Å². The molecule has 20 heavy (non-hydrogen) atoms. The molecule has 0 unspecified atom stereocenters. The van der Waals surface area contributed by atoms with Crippen LogP contribution in [-0.4, -0.2) is 14.5 Å². The first-order valence-electron chi connectivity index (χ1n) is 6.24. The van der Waals surface area contributed by atoms with Crippen molar-refractivity contribution in [2.45, 2.75) is 6.54 Å². The van der Waals surface area contributed by atoms with E-state index >= 15 is 0 Å². The van der Waals surface area contributed by atoms with Crippen molar-refractivity contribution in [3.8, 4) is 5.69 Å². The van der Waals surface area contributed by atoms with Crippen LogP contribution in [0.1, 0.15) is 5.56 Å². The Morgan fingerprint density at radius 1 is 1.10 bits per heavy atom. The van der Waals surface area contributed by atoms with Gasteiger partial charge in [-0.25, -0.2) is 4.98 Å². The summed E-state index contributed by atoms with van der Waals surface area (Å²) in [6, 6.07) is 9.74. The lowest BCUT2D eigenvalue weighted by atomic mass is 10.2. The summed E-state index contributed by atoms with van der Waals surface area (Å²) in [4.78, 5) is 8.17. The lowest BCUT2D eigenvalue weighted by Gasteiger charge is -2.14. The van der Waals surface area contributed by atoms with Crippen LogP contribution >= 0.6 is 11.6 Å². The van der Waals surface area contributed by atoms with E-state index in [-0.39, 0.29) is 0 Å². The zero-order chi connectivity index (χ0) is 13.8. The molecule has 3 rings (SSSR count).